The molecule has 7 heteroatoms. The number of carbonyl (C=O) groups is 1. The van der Waals surface area contributed by atoms with E-state index >= 15 is 0 Å². The summed E-state index contributed by atoms with van der Waals surface area (Å²) in [6.07, 6.45) is 0.496. The number of halogens is 2. The summed E-state index contributed by atoms with van der Waals surface area (Å²) in [5.74, 6) is 0.122. The molecule has 0 bridgehead atoms. The van der Waals surface area contributed by atoms with Gasteiger partial charge in [0.2, 0.25) is 5.88 Å². The van der Waals surface area contributed by atoms with Gasteiger partial charge < -0.3 is 9.47 Å². The molecule has 0 atom stereocenters. The number of nitriles is 1. The third-order valence-corrected chi connectivity index (χ3v) is 3.04. The number of hydrogen-bond acceptors (Lipinski definition) is 4. The minimum atomic E-state index is -0.430. The van der Waals surface area contributed by atoms with Crippen LogP contribution in [0.3, 0.4) is 0 Å². The van der Waals surface area contributed by atoms with Crippen LogP contribution in [0.4, 0.5) is 0 Å². The summed E-state index contributed by atoms with van der Waals surface area (Å²) in [6.45, 7) is 0.148. The summed E-state index contributed by atoms with van der Waals surface area (Å²) in [6, 6.07) is 6.67. The van der Waals surface area contributed by atoms with Crippen LogP contribution in [-0.4, -0.2) is 19.1 Å². The van der Waals surface area contributed by atoms with E-state index in [1.54, 1.807) is 12.1 Å². The Hall–Kier alpha value is -1.90. The molecular formula is C13H10Cl2N2O3. The van der Waals surface area contributed by atoms with E-state index in [-0.39, 0.29) is 12.5 Å². The Balaban J connectivity index is 1.91. The lowest BCUT2D eigenvalue weighted by Crippen LogP contribution is -2.29. The molecule has 0 aromatic heterocycles. The highest BCUT2D eigenvalue weighted by atomic mass is 35.5. The van der Waals surface area contributed by atoms with Crippen LogP contribution in [0.2, 0.25) is 10.0 Å². The second kappa shape index (κ2) is 6.51. The summed E-state index contributed by atoms with van der Waals surface area (Å²) >= 11 is 11.7. The summed E-state index contributed by atoms with van der Waals surface area (Å²) in [7, 11) is 0. The average Bonchev–Trinajstić information content (AvgIpc) is 2.85. The van der Waals surface area contributed by atoms with Gasteiger partial charge in [0.25, 0.3) is 5.91 Å². The Morgan fingerprint density at radius 3 is 3.00 bits per heavy atom. The Labute approximate surface area is 125 Å². The Morgan fingerprint density at radius 2 is 2.30 bits per heavy atom. The lowest BCUT2D eigenvalue weighted by Gasteiger charge is -2.09. The SMILES string of the molecule is N#CC1=C(NC(=O)COc2ccc(Cl)cc2Cl)OCC1. The lowest BCUT2D eigenvalue weighted by atomic mass is 10.2. The molecule has 1 aromatic carbocycles. The van der Waals surface area contributed by atoms with E-state index in [0.717, 1.165) is 0 Å². The number of rotatable bonds is 4. The minimum absolute atomic E-state index is 0.198. The van der Waals surface area contributed by atoms with Gasteiger partial charge >= 0.3 is 0 Å². The average molecular weight is 313 g/mol. The van der Waals surface area contributed by atoms with Gasteiger partial charge in [-0.3, -0.25) is 10.1 Å². The zero-order valence-electron chi connectivity index (χ0n) is 10.3. The number of ether oxygens (including phenoxy) is 2. The third kappa shape index (κ3) is 3.56. The van der Waals surface area contributed by atoms with Gasteiger partial charge in [0.15, 0.2) is 6.61 Å². The number of hydrogen-bond donors (Lipinski definition) is 1. The highest BCUT2D eigenvalue weighted by Crippen LogP contribution is 2.27. The zero-order valence-corrected chi connectivity index (χ0v) is 11.8. The van der Waals surface area contributed by atoms with Crippen molar-refractivity contribution in [3.63, 3.8) is 0 Å². The molecule has 0 radical (unpaired) electrons. The van der Waals surface area contributed by atoms with Crippen LogP contribution >= 0.6 is 23.2 Å². The molecule has 5 nitrogen and oxygen atoms in total. The first-order valence-corrected chi connectivity index (χ1v) is 6.49. The second-order valence-electron chi connectivity index (χ2n) is 3.93. The summed E-state index contributed by atoms with van der Waals surface area (Å²) in [5, 5.41) is 12.1. The molecule has 0 saturated carbocycles. The van der Waals surface area contributed by atoms with Gasteiger partial charge in [-0.2, -0.15) is 5.26 Å². The molecule has 2 rings (SSSR count). The smallest absolute Gasteiger partial charge is 0.264 e. The third-order valence-electron chi connectivity index (χ3n) is 2.51. The van der Waals surface area contributed by atoms with E-state index in [4.69, 9.17) is 37.9 Å². The molecule has 1 N–H and O–H groups in total. The second-order valence-corrected chi connectivity index (χ2v) is 4.77. The van der Waals surface area contributed by atoms with Crippen molar-refractivity contribution in [1.29, 1.82) is 5.26 Å². The number of benzene rings is 1. The van der Waals surface area contributed by atoms with Crippen molar-refractivity contribution in [2.24, 2.45) is 0 Å². The van der Waals surface area contributed by atoms with Gasteiger partial charge in [0, 0.05) is 11.4 Å². The van der Waals surface area contributed by atoms with E-state index in [1.165, 1.54) is 6.07 Å². The normalized spacial score (nSPS) is 13.7. The van der Waals surface area contributed by atoms with Crippen LogP contribution in [-0.2, 0) is 9.53 Å². The van der Waals surface area contributed by atoms with Gasteiger partial charge in [-0.05, 0) is 18.2 Å². The standard InChI is InChI=1S/C13H10Cl2N2O3/c14-9-1-2-11(10(15)5-9)20-7-12(18)17-13-8(6-16)3-4-19-13/h1-2,5H,3-4,7H2,(H,17,18). The first-order chi connectivity index (χ1) is 9.60. The van der Waals surface area contributed by atoms with E-state index < -0.39 is 5.91 Å². The molecule has 0 unspecified atom stereocenters. The van der Waals surface area contributed by atoms with Crippen molar-refractivity contribution < 1.29 is 14.3 Å². The van der Waals surface area contributed by atoms with Crippen LogP contribution in [0.5, 0.6) is 5.75 Å². The van der Waals surface area contributed by atoms with Crippen molar-refractivity contribution >= 4 is 29.1 Å². The van der Waals surface area contributed by atoms with Crippen LogP contribution in [0, 0.1) is 11.3 Å². The molecule has 1 heterocycles. The van der Waals surface area contributed by atoms with Gasteiger partial charge in [-0.1, -0.05) is 23.2 Å². The van der Waals surface area contributed by atoms with Crippen molar-refractivity contribution in [2.75, 3.05) is 13.2 Å². The Morgan fingerprint density at radius 1 is 1.50 bits per heavy atom. The van der Waals surface area contributed by atoms with Gasteiger partial charge in [0.1, 0.15) is 11.8 Å². The number of amides is 1. The predicted octanol–water partition coefficient (Wildman–Crippen LogP) is 2.64. The number of nitrogens with zero attached hydrogens (tertiary/aromatic N) is 1. The van der Waals surface area contributed by atoms with Crippen molar-refractivity contribution in [3.8, 4) is 11.8 Å². The summed E-state index contributed by atoms with van der Waals surface area (Å²) in [4.78, 5) is 11.7. The highest BCUT2D eigenvalue weighted by molar-refractivity contribution is 6.35. The first-order valence-electron chi connectivity index (χ1n) is 5.74. The molecule has 104 valence electrons. The molecule has 1 amide bonds. The highest BCUT2D eigenvalue weighted by Gasteiger charge is 2.18. The maximum absolute atomic E-state index is 11.7. The van der Waals surface area contributed by atoms with Crippen LogP contribution in [0.15, 0.2) is 29.7 Å². The predicted molar refractivity (Wildman–Crippen MR) is 73.3 cm³/mol. The molecular weight excluding hydrogens is 303 g/mol. The van der Waals surface area contributed by atoms with E-state index in [1.807, 2.05) is 6.07 Å². The van der Waals surface area contributed by atoms with Crippen LogP contribution in [0.25, 0.3) is 0 Å². The molecule has 0 aliphatic carbocycles. The van der Waals surface area contributed by atoms with Crippen molar-refractivity contribution in [3.05, 3.63) is 39.7 Å². The molecule has 1 aliphatic heterocycles. The molecule has 20 heavy (non-hydrogen) atoms. The first kappa shape index (κ1) is 14.5. The maximum atomic E-state index is 11.7. The van der Waals surface area contributed by atoms with Crippen LogP contribution in [0.1, 0.15) is 6.42 Å². The zero-order chi connectivity index (χ0) is 14.5. The fourth-order valence-electron chi connectivity index (χ4n) is 1.57. The quantitative estimate of drug-likeness (QED) is 0.927. The van der Waals surface area contributed by atoms with Crippen molar-refractivity contribution in [2.45, 2.75) is 6.42 Å². The monoisotopic (exact) mass is 312 g/mol. The molecule has 1 aromatic rings. The van der Waals surface area contributed by atoms with Gasteiger partial charge in [-0.25, -0.2) is 0 Å². The minimum Gasteiger partial charge on any atom is -0.482 e. The van der Waals surface area contributed by atoms with E-state index in [9.17, 15) is 4.79 Å². The fraction of sp³-hybridized carbons (Fsp3) is 0.231. The van der Waals surface area contributed by atoms with Gasteiger partial charge in [0.05, 0.1) is 17.2 Å². The Kier molecular flexibility index (Phi) is 4.72. The number of carbonyl (C=O) groups excluding carboxylic acids is 1. The lowest BCUT2D eigenvalue weighted by molar-refractivity contribution is -0.123. The molecule has 0 fully saturated rings. The van der Waals surface area contributed by atoms with Crippen molar-refractivity contribution in [1.82, 2.24) is 5.32 Å². The molecule has 1 aliphatic rings. The summed E-state index contributed by atoms with van der Waals surface area (Å²) in [5.41, 5.74) is 0.419. The molecule has 0 spiro atoms. The fourth-order valence-corrected chi connectivity index (χ4v) is 2.04. The van der Waals surface area contributed by atoms with E-state index in [0.29, 0.717) is 34.4 Å². The molecule has 0 saturated heterocycles. The van der Waals surface area contributed by atoms with E-state index in [2.05, 4.69) is 5.32 Å². The van der Waals surface area contributed by atoms with Crippen LogP contribution < -0.4 is 10.1 Å². The van der Waals surface area contributed by atoms with Gasteiger partial charge in [-0.15, -0.1) is 0 Å². The maximum Gasteiger partial charge on any atom is 0.264 e. The largest absolute Gasteiger partial charge is 0.482 e. The summed E-state index contributed by atoms with van der Waals surface area (Å²) < 4.78 is 10.4. The Bertz CT molecular complexity index is 608. The number of nitrogens with one attached hydrogen (secondary N) is 1. The topological polar surface area (TPSA) is 71.4 Å².